The number of rotatable bonds is 5. The van der Waals surface area contributed by atoms with Gasteiger partial charge in [0, 0.05) is 27.9 Å². The minimum absolute atomic E-state index is 0.0810. The second-order valence-electron chi connectivity index (χ2n) is 4.09. The molecule has 0 spiro atoms. The van der Waals surface area contributed by atoms with Gasteiger partial charge in [0.15, 0.2) is 5.78 Å². The van der Waals surface area contributed by atoms with Gasteiger partial charge in [0.25, 0.3) is 5.69 Å². The van der Waals surface area contributed by atoms with Gasteiger partial charge in [0.2, 0.25) is 0 Å². The fraction of sp³-hybridized carbons (Fsp3) is 0.0714. The van der Waals surface area contributed by atoms with E-state index >= 15 is 0 Å². The lowest BCUT2D eigenvalue weighted by molar-refractivity contribution is -0.384. The molecule has 0 radical (unpaired) electrons. The second kappa shape index (κ2) is 6.29. The molecule has 0 aliphatic rings. The summed E-state index contributed by atoms with van der Waals surface area (Å²) in [6.07, 6.45) is 0. The first-order valence-electron chi connectivity index (χ1n) is 5.83. The van der Waals surface area contributed by atoms with Crippen molar-refractivity contribution in [3.05, 3.63) is 68.7 Å². The highest BCUT2D eigenvalue weighted by atomic mass is 79.9. The van der Waals surface area contributed by atoms with Crippen LogP contribution in [0.15, 0.2) is 53.0 Å². The molecule has 102 valence electrons. The fourth-order valence-electron chi connectivity index (χ4n) is 1.68. The Kier molecular flexibility index (Phi) is 4.47. The number of Topliss-reactive ketones (excluding diaryl/α,β-unsaturated/α-hetero) is 1. The molecule has 0 fully saturated rings. The fourth-order valence-corrected chi connectivity index (χ4v) is 2.08. The first-order chi connectivity index (χ1) is 9.56. The van der Waals surface area contributed by atoms with Crippen LogP contribution in [0.3, 0.4) is 0 Å². The molecule has 0 bridgehead atoms. The Morgan fingerprint density at radius 1 is 1.20 bits per heavy atom. The Morgan fingerprint density at radius 3 is 2.65 bits per heavy atom. The molecule has 0 heterocycles. The molecule has 2 rings (SSSR count). The zero-order valence-corrected chi connectivity index (χ0v) is 12.0. The summed E-state index contributed by atoms with van der Waals surface area (Å²) in [4.78, 5) is 22.1. The minimum atomic E-state index is -0.515. The van der Waals surface area contributed by atoms with Crippen LogP contribution in [-0.2, 0) is 0 Å². The summed E-state index contributed by atoms with van der Waals surface area (Å²) in [6, 6.07) is 13.1. The molecule has 2 aromatic carbocycles. The number of hydrogen-bond acceptors (Lipinski definition) is 4. The molecule has 0 aromatic heterocycles. The smallest absolute Gasteiger partial charge is 0.270 e. The lowest BCUT2D eigenvalue weighted by Crippen LogP contribution is -2.14. The van der Waals surface area contributed by atoms with Crippen LogP contribution in [0.25, 0.3) is 0 Å². The maximum absolute atomic E-state index is 12.0. The number of non-ortho nitro benzene ring substituents is 1. The number of nitrogens with zero attached hydrogens (tertiary/aromatic N) is 1. The molecule has 5 nitrogen and oxygen atoms in total. The monoisotopic (exact) mass is 334 g/mol. The highest BCUT2D eigenvalue weighted by Crippen LogP contribution is 2.16. The summed E-state index contributed by atoms with van der Waals surface area (Å²) < 4.78 is 0.908. The molecular weight excluding hydrogens is 324 g/mol. The lowest BCUT2D eigenvalue weighted by atomic mass is 10.1. The third kappa shape index (κ3) is 3.64. The molecule has 20 heavy (non-hydrogen) atoms. The molecule has 0 aliphatic heterocycles. The summed E-state index contributed by atoms with van der Waals surface area (Å²) in [5, 5.41) is 13.6. The van der Waals surface area contributed by atoms with Crippen LogP contribution in [0, 0.1) is 10.1 Å². The lowest BCUT2D eigenvalue weighted by Gasteiger charge is -2.06. The van der Waals surface area contributed by atoms with Gasteiger partial charge in [-0.15, -0.1) is 0 Å². The largest absolute Gasteiger partial charge is 0.378 e. The molecule has 0 aliphatic carbocycles. The summed E-state index contributed by atoms with van der Waals surface area (Å²) in [6.45, 7) is 0.0810. The van der Waals surface area contributed by atoms with Gasteiger partial charge >= 0.3 is 0 Å². The summed E-state index contributed by atoms with van der Waals surface area (Å²) in [7, 11) is 0. The van der Waals surface area contributed by atoms with E-state index in [2.05, 4.69) is 21.2 Å². The Balaban J connectivity index is 2.05. The maximum Gasteiger partial charge on any atom is 0.270 e. The van der Waals surface area contributed by atoms with Gasteiger partial charge in [-0.2, -0.15) is 0 Å². The van der Waals surface area contributed by atoms with Crippen molar-refractivity contribution in [1.29, 1.82) is 0 Å². The third-order valence-corrected chi connectivity index (χ3v) is 3.15. The van der Waals surface area contributed by atoms with Crippen LogP contribution in [-0.4, -0.2) is 17.3 Å². The normalized spacial score (nSPS) is 10.1. The number of nitrogens with one attached hydrogen (secondary N) is 1. The Bertz CT molecular complexity index is 658. The van der Waals surface area contributed by atoms with Crippen LogP contribution in [0.2, 0.25) is 0 Å². The zero-order chi connectivity index (χ0) is 14.5. The average molecular weight is 335 g/mol. The SMILES string of the molecule is O=C(CNc1cccc(Br)c1)c1cccc([N+](=O)[O-])c1. The van der Waals surface area contributed by atoms with E-state index in [-0.39, 0.29) is 18.0 Å². The highest BCUT2D eigenvalue weighted by molar-refractivity contribution is 9.10. The van der Waals surface area contributed by atoms with Gasteiger partial charge in [0.1, 0.15) is 0 Å². The van der Waals surface area contributed by atoms with Crippen molar-refractivity contribution in [2.75, 3.05) is 11.9 Å². The van der Waals surface area contributed by atoms with Crippen LogP contribution in [0.1, 0.15) is 10.4 Å². The van der Waals surface area contributed by atoms with Crippen molar-refractivity contribution >= 4 is 33.1 Å². The number of carbonyl (C=O) groups is 1. The number of nitro benzene ring substituents is 1. The van der Waals surface area contributed by atoms with Crippen molar-refractivity contribution in [2.24, 2.45) is 0 Å². The van der Waals surface area contributed by atoms with E-state index in [9.17, 15) is 14.9 Å². The predicted molar refractivity (Wildman–Crippen MR) is 80.1 cm³/mol. The Hall–Kier alpha value is -2.21. The summed E-state index contributed by atoms with van der Waals surface area (Å²) in [5.41, 5.74) is 1.04. The quantitative estimate of drug-likeness (QED) is 0.514. The van der Waals surface area contributed by atoms with Gasteiger partial charge in [-0.25, -0.2) is 0 Å². The van der Waals surface area contributed by atoms with Gasteiger partial charge in [-0.3, -0.25) is 14.9 Å². The first kappa shape index (κ1) is 14.2. The Morgan fingerprint density at radius 2 is 1.95 bits per heavy atom. The van der Waals surface area contributed by atoms with E-state index < -0.39 is 4.92 Å². The molecule has 1 N–H and O–H groups in total. The van der Waals surface area contributed by atoms with Gasteiger partial charge in [0.05, 0.1) is 11.5 Å². The topological polar surface area (TPSA) is 72.2 Å². The molecule has 0 saturated carbocycles. The van der Waals surface area contributed by atoms with Crippen LogP contribution < -0.4 is 5.32 Å². The molecule has 0 amide bonds. The third-order valence-electron chi connectivity index (χ3n) is 2.66. The number of halogens is 1. The van der Waals surface area contributed by atoms with E-state index in [0.29, 0.717) is 5.56 Å². The number of hydrogen-bond donors (Lipinski definition) is 1. The van der Waals surface area contributed by atoms with Gasteiger partial charge in [-0.1, -0.05) is 34.1 Å². The maximum atomic E-state index is 12.0. The number of carbonyl (C=O) groups excluding carboxylic acids is 1. The second-order valence-corrected chi connectivity index (χ2v) is 5.01. The van der Waals surface area contributed by atoms with Gasteiger partial charge < -0.3 is 5.32 Å². The molecule has 0 saturated heterocycles. The number of ketones is 1. The first-order valence-corrected chi connectivity index (χ1v) is 6.62. The van der Waals surface area contributed by atoms with Crippen LogP contribution in [0.5, 0.6) is 0 Å². The van der Waals surface area contributed by atoms with Crippen molar-refractivity contribution in [1.82, 2.24) is 0 Å². The van der Waals surface area contributed by atoms with Crippen molar-refractivity contribution in [3.63, 3.8) is 0 Å². The molecule has 0 atom stereocenters. The zero-order valence-electron chi connectivity index (χ0n) is 10.4. The van der Waals surface area contributed by atoms with E-state index in [1.807, 2.05) is 24.3 Å². The molecule has 0 unspecified atom stereocenters. The predicted octanol–water partition coefficient (Wildman–Crippen LogP) is 3.65. The molecule has 6 heteroatoms. The molecule has 2 aromatic rings. The van der Waals surface area contributed by atoms with Crippen LogP contribution in [0.4, 0.5) is 11.4 Å². The van der Waals surface area contributed by atoms with Crippen molar-refractivity contribution < 1.29 is 9.72 Å². The number of anilines is 1. The van der Waals surface area contributed by atoms with E-state index in [4.69, 9.17) is 0 Å². The van der Waals surface area contributed by atoms with Crippen LogP contribution >= 0.6 is 15.9 Å². The number of nitro groups is 1. The number of benzene rings is 2. The van der Waals surface area contributed by atoms with Crippen molar-refractivity contribution in [2.45, 2.75) is 0 Å². The minimum Gasteiger partial charge on any atom is -0.378 e. The van der Waals surface area contributed by atoms with Crippen molar-refractivity contribution in [3.8, 4) is 0 Å². The average Bonchev–Trinajstić information content (AvgIpc) is 2.45. The summed E-state index contributed by atoms with van der Waals surface area (Å²) in [5.74, 6) is -0.200. The highest BCUT2D eigenvalue weighted by Gasteiger charge is 2.11. The van der Waals surface area contributed by atoms with E-state index in [0.717, 1.165) is 10.2 Å². The Labute approximate surface area is 123 Å². The van der Waals surface area contributed by atoms with E-state index in [1.54, 1.807) is 6.07 Å². The van der Waals surface area contributed by atoms with E-state index in [1.165, 1.54) is 18.2 Å². The molecular formula is C14H11BrN2O3. The summed E-state index contributed by atoms with van der Waals surface area (Å²) >= 11 is 3.34. The standard InChI is InChI=1S/C14H11BrN2O3/c15-11-4-2-5-12(8-11)16-9-14(18)10-3-1-6-13(7-10)17(19)20/h1-8,16H,9H2. The van der Waals surface area contributed by atoms with Gasteiger partial charge in [-0.05, 0) is 18.2 Å².